The number of nitrogens with zero attached hydrogens (tertiary/aromatic N) is 2. The van der Waals surface area contributed by atoms with Crippen LogP contribution in [0.2, 0.25) is 0 Å². The molecule has 0 saturated carbocycles. The smallest absolute Gasteiger partial charge is 0.267 e. The van der Waals surface area contributed by atoms with E-state index in [0.717, 1.165) is 22.2 Å². The highest BCUT2D eigenvalue weighted by atomic mass is 16.2. The zero-order valence-corrected chi connectivity index (χ0v) is 14.6. The Morgan fingerprint density at radius 3 is 2.59 bits per heavy atom. The van der Waals surface area contributed by atoms with Crippen molar-refractivity contribution in [1.29, 1.82) is 0 Å². The fourth-order valence-corrected chi connectivity index (χ4v) is 2.94. The van der Waals surface area contributed by atoms with Gasteiger partial charge in [0, 0.05) is 29.1 Å². The average molecular weight is 358 g/mol. The molecule has 2 aromatic carbocycles. The number of fused-ring (bicyclic) bond motifs is 1. The molecule has 6 heteroatoms. The summed E-state index contributed by atoms with van der Waals surface area (Å²) in [7, 11) is 0. The van der Waals surface area contributed by atoms with Crippen LogP contribution in [0.4, 0.5) is 0 Å². The molecule has 0 aliphatic carbocycles. The maximum absolute atomic E-state index is 12.3. The Balaban J connectivity index is 1.44. The molecule has 2 N–H and O–H groups in total. The van der Waals surface area contributed by atoms with Gasteiger partial charge < -0.3 is 10.3 Å². The topological polar surface area (TPSA) is 79.8 Å². The summed E-state index contributed by atoms with van der Waals surface area (Å²) >= 11 is 0. The maximum atomic E-state index is 12.3. The number of carbonyl (C=O) groups excluding carboxylic acids is 1. The molecular formula is C21H18N4O2. The van der Waals surface area contributed by atoms with Crippen LogP contribution in [-0.4, -0.2) is 27.2 Å². The van der Waals surface area contributed by atoms with Crippen LogP contribution in [0.3, 0.4) is 0 Å². The molecule has 0 unspecified atom stereocenters. The standard InChI is InChI=1S/C21H18N4O2/c26-20-11-10-18(15-6-2-1-3-7-15)24-25(20)13-12-22-21(27)19-14-16-8-4-5-9-17(16)23-19/h1-11,14,23H,12-13H2,(H,22,27). The molecule has 4 rings (SSSR count). The van der Waals surface area contributed by atoms with Crippen LogP contribution in [0.1, 0.15) is 10.5 Å². The number of amides is 1. The predicted octanol–water partition coefficient (Wildman–Crippen LogP) is 2.82. The minimum absolute atomic E-state index is 0.199. The van der Waals surface area contributed by atoms with Crippen LogP contribution < -0.4 is 10.9 Å². The van der Waals surface area contributed by atoms with Gasteiger partial charge in [0.2, 0.25) is 0 Å². The average Bonchev–Trinajstić information content (AvgIpc) is 3.14. The van der Waals surface area contributed by atoms with Gasteiger partial charge >= 0.3 is 0 Å². The Morgan fingerprint density at radius 1 is 1.00 bits per heavy atom. The van der Waals surface area contributed by atoms with Crippen molar-refractivity contribution in [3.8, 4) is 11.3 Å². The summed E-state index contributed by atoms with van der Waals surface area (Å²) in [6.07, 6.45) is 0. The number of hydrogen-bond acceptors (Lipinski definition) is 3. The van der Waals surface area contributed by atoms with E-state index in [9.17, 15) is 9.59 Å². The second-order valence-corrected chi connectivity index (χ2v) is 6.17. The number of rotatable bonds is 5. The third kappa shape index (κ3) is 3.64. The molecule has 0 spiro atoms. The summed E-state index contributed by atoms with van der Waals surface area (Å²) in [4.78, 5) is 27.5. The number of para-hydroxylation sites is 1. The van der Waals surface area contributed by atoms with Crippen LogP contribution >= 0.6 is 0 Å². The Hall–Kier alpha value is -3.67. The van der Waals surface area contributed by atoms with Crippen molar-refractivity contribution in [3.63, 3.8) is 0 Å². The highest BCUT2D eigenvalue weighted by Crippen LogP contribution is 2.15. The summed E-state index contributed by atoms with van der Waals surface area (Å²) in [5, 5.41) is 8.20. The van der Waals surface area contributed by atoms with Gasteiger partial charge in [-0.3, -0.25) is 9.59 Å². The van der Waals surface area contributed by atoms with Crippen LogP contribution in [-0.2, 0) is 6.54 Å². The molecular weight excluding hydrogens is 340 g/mol. The Kier molecular flexibility index (Phi) is 4.53. The van der Waals surface area contributed by atoms with E-state index in [0.29, 0.717) is 18.8 Å². The van der Waals surface area contributed by atoms with Gasteiger partial charge in [-0.05, 0) is 18.2 Å². The number of carbonyl (C=O) groups is 1. The normalized spacial score (nSPS) is 10.8. The molecule has 134 valence electrons. The van der Waals surface area contributed by atoms with Crippen molar-refractivity contribution in [1.82, 2.24) is 20.1 Å². The molecule has 0 aliphatic heterocycles. The number of H-pyrrole nitrogens is 1. The second kappa shape index (κ2) is 7.29. The molecule has 0 atom stereocenters. The lowest BCUT2D eigenvalue weighted by Gasteiger charge is -2.08. The summed E-state index contributed by atoms with van der Waals surface area (Å²) in [5.74, 6) is -0.210. The maximum Gasteiger partial charge on any atom is 0.267 e. The first kappa shape index (κ1) is 16.8. The molecule has 0 radical (unpaired) electrons. The van der Waals surface area contributed by atoms with Gasteiger partial charge in [-0.2, -0.15) is 5.10 Å². The molecule has 6 nitrogen and oxygen atoms in total. The van der Waals surface area contributed by atoms with Gasteiger partial charge in [0.25, 0.3) is 11.5 Å². The van der Waals surface area contributed by atoms with Gasteiger partial charge in [0.15, 0.2) is 0 Å². The molecule has 0 aliphatic rings. The Morgan fingerprint density at radius 2 is 1.78 bits per heavy atom. The fourth-order valence-electron chi connectivity index (χ4n) is 2.94. The van der Waals surface area contributed by atoms with Crippen LogP contribution in [0.5, 0.6) is 0 Å². The largest absolute Gasteiger partial charge is 0.351 e. The van der Waals surface area contributed by atoms with E-state index in [-0.39, 0.29) is 11.5 Å². The molecule has 27 heavy (non-hydrogen) atoms. The number of hydrogen-bond donors (Lipinski definition) is 2. The van der Waals surface area contributed by atoms with E-state index >= 15 is 0 Å². The summed E-state index contributed by atoms with van der Waals surface area (Å²) < 4.78 is 1.37. The Bertz CT molecular complexity index is 1110. The highest BCUT2D eigenvalue weighted by Gasteiger charge is 2.09. The SMILES string of the molecule is O=C(NCCn1nc(-c2ccccc2)ccc1=O)c1cc2ccccc2[nH]1. The van der Waals surface area contributed by atoms with Crippen molar-refractivity contribution in [3.05, 3.63) is 88.8 Å². The predicted molar refractivity (Wildman–Crippen MR) is 105 cm³/mol. The van der Waals surface area contributed by atoms with Gasteiger partial charge in [-0.1, -0.05) is 48.5 Å². The first-order valence-electron chi connectivity index (χ1n) is 8.70. The van der Waals surface area contributed by atoms with E-state index in [2.05, 4.69) is 15.4 Å². The van der Waals surface area contributed by atoms with E-state index in [1.54, 1.807) is 6.07 Å². The van der Waals surface area contributed by atoms with Crippen molar-refractivity contribution < 1.29 is 4.79 Å². The lowest BCUT2D eigenvalue weighted by atomic mass is 10.1. The third-order valence-electron chi connectivity index (χ3n) is 4.32. The van der Waals surface area contributed by atoms with E-state index < -0.39 is 0 Å². The number of aromatic nitrogens is 3. The van der Waals surface area contributed by atoms with Crippen molar-refractivity contribution in [2.24, 2.45) is 0 Å². The molecule has 1 amide bonds. The first-order chi connectivity index (χ1) is 13.2. The third-order valence-corrected chi connectivity index (χ3v) is 4.32. The highest BCUT2D eigenvalue weighted by molar-refractivity contribution is 5.97. The minimum atomic E-state index is -0.210. The minimum Gasteiger partial charge on any atom is -0.351 e. The van der Waals surface area contributed by atoms with Gasteiger partial charge in [0.1, 0.15) is 5.69 Å². The van der Waals surface area contributed by atoms with Crippen LogP contribution in [0.15, 0.2) is 77.6 Å². The van der Waals surface area contributed by atoms with Crippen LogP contribution in [0, 0.1) is 0 Å². The zero-order valence-electron chi connectivity index (χ0n) is 14.6. The lowest BCUT2D eigenvalue weighted by molar-refractivity contribution is 0.0947. The van der Waals surface area contributed by atoms with Gasteiger partial charge in [-0.15, -0.1) is 0 Å². The monoisotopic (exact) mass is 358 g/mol. The van der Waals surface area contributed by atoms with Crippen molar-refractivity contribution in [2.45, 2.75) is 6.54 Å². The van der Waals surface area contributed by atoms with Crippen molar-refractivity contribution in [2.75, 3.05) is 6.54 Å². The van der Waals surface area contributed by atoms with Crippen molar-refractivity contribution >= 4 is 16.8 Å². The summed E-state index contributed by atoms with van der Waals surface area (Å²) in [6, 6.07) is 22.4. The first-order valence-corrected chi connectivity index (χ1v) is 8.70. The fraction of sp³-hybridized carbons (Fsp3) is 0.0952. The van der Waals surface area contributed by atoms with Gasteiger partial charge in [-0.25, -0.2) is 4.68 Å². The molecule has 0 bridgehead atoms. The molecule has 2 heterocycles. The second-order valence-electron chi connectivity index (χ2n) is 6.17. The van der Waals surface area contributed by atoms with E-state index in [4.69, 9.17) is 0 Å². The summed E-state index contributed by atoms with van der Waals surface area (Å²) in [5.41, 5.74) is 2.87. The van der Waals surface area contributed by atoms with E-state index in [1.807, 2.05) is 60.7 Å². The Labute approximate surface area is 155 Å². The number of benzene rings is 2. The van der Waals surface area contributed by atoms with E-state index in [1.165, 1.54) is 10.7 Å². The van der Waals surface area contributed by atoms with Crippen LogP contribution in [0.25, 0.3) is 22.2 Å². The molecule has 4 aromatic rings. The number of aromatic amines is 1. The zero-order chi connectivity index (χ0) is 18.6. The molecule has 2 aromatic heterocycles. The molecule has 0 saturated heterocycles. The quantitative estimate of drug-likeness (QED) is 0.576. The van der Waals surface area contributed by atoms with Gasteiger partial charge in [0.05, 0.1) is 12.2 Å². The summed E-state index contributed by atoms with van der Waals surface area (Å²) in [6.45, 7) is 0.602. The number of nitrogens with one attached hydrogen (secondary N) is 2. The molecule has 0 fully saturated rings. The lowest BCUT2D eigenvalue weighted by Crippen LogP contribution is -2.32.